The van der Waals surface area contributed by atoms with Crippen molar-refractivity contribution in [2.45, 2.75) is 59.7 Å². The molecule has 2 heterocycles. The predicted octanol–water partition coefficient (Wildman–Crippen LogP) is 5.95. The van der Waals surface area contributed by atoms with Crippen molar-refractivity contribution in [1.82, 2.24) is 15.0 Å². The van der Waals surface area contributed by atoms with E-state index in [9.17, 15) is 0 Å². The zero-order valence-electron chi connectivity index (χ0n) is 17.8. The number of benzene rings is 2. The standard InChI is InChI=1S/C24H30N4/c1-16(2)17(3)28-23-20-13-9-10-14-21(20)27(24(4,5)6)15-18-11-7-8-12-19(18)22(23)25-26-28/h7-14,16-17H,15H2,1-6H3. The highest BCUT2D eigenvalue weighted by Crippen LogP contribution is 2.44. The van der Waals surface area contributed by atoms with Crippen molar-refractivity contribution in [3.8, 4) is 22.5 Å². The summed E-state index contributed by atoms with van der Waals surface area (Å²) < 4.78 is 2.13. The van der Waals surface area contributed by atoms with Gasteiger partial charge in [-0.15, -0.1) is 5.10 Å². The van der Waals surface area contributed by atoms with Crippen LogP contribution in [0.1, 0.15) is 53.1 Å². The van der Waals surface area contributed by atoms with E-state index in [1.54, 1.807) is 0 Å². The number of anilines is 1. The molecule has 1 aromatic heterocycles. The molecule has 4 nitrogen and oxygen atoms in total. The van der Waals surface area contributed by atoms with Crippen LogP contribution < -0.4 is 4.90 Å². The van der Waals surface area contributed by atoms with Crippen LogP contribution in [0.2, 0.25) is 0 Å². The predicted molar refractivity (Wildman–Crippen MR) is 116 cm³/mol. The largest absolute Gasteiger partial charge is 0.362 e. The van der Waals surface area contributed by atoms with Gasteiger partial charge in [-0.1, -0.05) is 61.5 Å². The van der Waals surface area contributed by atoms with Gasteiger partial charge in [-0.3, -0.25) is 0 Å². The van der Waals surface area contributed by atoms with Crippen LogP contribution >= 0.6 is 0 Å². The SMILES string of the molecule is CC(C)C(C)n1nnc2c1-c1ccccc1N(C(C)(C)C)Cc1ccccc1-2. The maximum atomic E-state index is 4.68. The summed E-state index contributed by atoms with van der Waals surface area (Å²) in [6.07, 6.45) is 0. The molecule has 0 radical (unpaired) electrons. The first kappa shape index (κ1) is 18.7. The molecule has 0 bridgehead atoms. The molecule has 0 saturated carbocycles. The summed E-state index contributed by atoms with van der Waals surface area (Å²) in [4.78, 5) is 2.50. The van der Waals surface area contributed by atoms with Gasteiger partial charge in [-0.2, -0.15) is 0 Å². The average molecular weight is 375 g/mol. The van der Waals surface area contributed by atoms with Crippen LogP contribution in [0.25, 0.3) is 22.5 Å². The van der Waals surface area contributed by atoms with E-state index in [1.165, 1.54) is 22.4 Å². The maximum absolute atomic E-state index is 4.68. The first-order valence-electron chi connectivity index (χ1n) is 10.2. The Hall–Kier alpha value is -2.62. The summed E-state index contributed by atoms with van der Waals surface area (Å²) in [6.45, 7) is 14.4. The summed E-state index contributed by atoms with van der Waals surface area (Å²) in [7, 11) is 0. The summed E-state index contributed by atoms with van der Waals surface area (Å²) >= 11 is 0. The van der Waals surface area contributed by atoms with Gasteiger partial charge in [-0.25, -0.2) is 4.68 Å². The van der Waals surface area contributed by atoms with E-state index in [-0.39, 0.29) is 11.6 Å². The highest BCUT2D eigenvalue weighted by Gasteiger charge is 2.32. The molecule has 1 atom stereocenters. The van der Waals surface area contributed by atoms with E-state index >= 15 is 0 Å². The fourth-order valence-electron chi connectivity index (χ4n) is 3.95. The lowest BCUT2D eigenvalue weighted by atomic mass is 9.92. The fraction of sp³-hybridized carbons (Fsp3) is 0.417. The Labute approximate surface area is 168 Å². The molecule has 0 spiro atoms. The van der Waals surface area contributed by atoms with Gasteiger partial charge in [0.05, 0.1) is 11.7 Å². The number of fused-ring (bicyclic) bond motifs is 5. The number of aromatic nitrogens is 3. The molecule has 0 amide bonds. The minimum absolute atomic E-state index is 0.0112. The Morgan fingerprint density at radius 1 is 0.893 bits per heavy atom. The van der Waals surface area contributed by atoms with Gasteiger partial charge in [0.15, 0.2) is 0 Å². The first-order chi connectivity index (χ1) is 13.3. The third kappa shape index (κ3) is 3.01. The molecular weight excluding hydrogens is 344 g/mol. The Morgan fingerprint density at radius 3 is 2.21 bits per heavy atom. The van der Waals surface area contributed by atoms with E-state index in [2.05, 4.69) is 110 Å². The second-order valence-electron chi connectivity index (χ2n) is 9.15. The molecule has 146 valence electrons. The quantitative estimate of drug-likeness (QED) is 0.556. The van der Waals surface area contributed by atoms with Crippen molar-refractivity contribution in [3.63, 3.8) is 0 Å². The normalized spacial score (nSPS) is 14.8. The highest BCUT2D eigenvalue weighted by atomic mass is 15.4. The summed E-state index contributed by atoms with van der Waals surface area (Å²) in [6, 6.07) is 17.6. The van der Waals surface area contributed by atoms with Gasteiger partial charge in [0.25, 0.3) is 0 Å². The van der Waals surface area contributed by atoms with Gasteiger partial charge in [0.2, 0.25) is 0 Å². The van der Waals surface area contributed by atoms with Crippen molar-refractivity contribution < 1.29 is 0 Å². The summed E-state index contributed by atoms with van der Waals surface area (Å²) in [5, 5.41) is 9.32. The van der Waals surface area contributed by atoms with Crippen LogP contribution in [0.5, 0.6) is 0 Å². The second-order valence-corrected chi connectivity index (χ2v) is 9.15. The topological polar surface area (TPSA) is 34.0 Å². The van der Waals surface area contributed by atoms with E-state index in [4.69, 9.17) is 0 Å². The van der Waals surface area contributed by atoms with Crippen molar-refractivity contribution >= 4 is 5.69 Å². The smallest absolute Gasteiger partial charge is 0.121 e. The summed E-state index contributed by atoms with van der Waals surface area (Å²) in [5.74, 6) is 0.470. The number of nitrogens with zero attached hydrogens (tertiary/aromatic N) is 4. The van der Waals surface area contributed by atoms with E-state index in [0.717, 1.165) is 17.9 Å². The van der Waals surface area contributed by atoms with Gasteiger partial charge in [0, 0.05) is 28.9 Å². The van der Waals surface area contributed by atoms with Gasteiger partial charge >= 0.3 is 0 Å². The molecule has 1 unspecified atom stereocenters. The Balaban J connectivity index is 2.08. The fourth-order valence-corrected chi connectivity index (χ4v) is 3.95. The highest BCUT2D eigenvalue weighted by molar-refractivity contribution is 5.88. The maximum Gasteiger partial charge on any atom is 0.121 e. The van der Waals surface area contributed by atoms with Crippen LogP contribution in [0.3, 0.4) is 0 Å². The van der Waals surface area contributed by atoms with E-state index in [1.807, 2.05) is 0 Å². The second kappa shape index (κ2) is 6.77. The number of hydrogen-bond donors (Lipinski definition) is 0. The molecule has 2 aromatic carbocycles. The lowest BCUT2D eigenvalue weighted by molar-refractivity contribution is 0.371. The lowest BCUT2D eigenvalue weighted by Crippen LogP contribution is -2.41. The Kier molecular flexibility index (Phi) is 4.53. The molecule has 3 aromatic rings. The molecule has 0 aliphatic carbocycles. The molecule has 0 N–H and O–H groups in total. The molecule has 4 rings (SSSR count). The Morgan fingerprint density at radius 2 is 1.54 bits per heavy atom. The third-order valence-electron chi connectivity index (χ3n) is 5.91. The first-order valence-corrected chi connectivity index (χ1v) is 10.2. The molecular formula is C24H30N4. The van der Waals surface area contributed by atoms with E-state index in [0.29, 0.717) is 5.92 Å². The third-order valence-corrected chi connectivity index (χ3v) is 5.91. The Bertz CT molecular complexity index is 994. The van der Waals surface area contributed by atoms with Crippen molar-refractivity contribution in [3.05, 3.63) is 54.1 Å². The van der Waals surface area contributed by atoms with Gasteiger partial charge in [0.1, 0.15) is 5.69 Å². The number of hydrogen-bond acceptors (Lipinski definition) is 3. The van der Waals surface area contributed by atoms with Crippen LogP contribution in [0.4, 0.5) is 5.69 Å². The van der Waals surface area contributed by atoms with E-state index < -0.39 is 0 Å². The number of rotatable bonds is 2. The van der Waals surface area contributed by atoms with Crippen molar-refractivity contribution in [1.29, 1.82) is 0 Å². The summed E-state index contributed by atoms with van der Waals surface area (Å²) in [5.41, 5.74) is 7.02. The van der Waals surface area contributed by atoms with Crippen LogP contribution in [0, 0.1) is 5.92 Å². The van der Waals surface area contributed by atoms with Gasteiger partial charge < -0.3 is 4.90 Å². The minimum atomic E-state index is -0.0112. The molecule has 0 fully saturated rings. The zero-order valence-corrected chi connectivity index (χ0v) is 17.8. The molecule has 1 aliphatic rings. The molecule has 28 heavy (non-hydrogen) atoms. The molecule has 4 heteroatoms. The monoisotopic (exact) mass is 374 g/mol. The van der Waals surface area contributed by atoms with Crippen LogP contribution in [0.15, 0.2) is 48.5 Å². The van der Waals surface area contributed by atoms with Crippen molar-refractivity contribution in [2.24, 2.45) is 5.92 Å². The van der Waals surface area contributed by atoms with Crippen molar-refractivity contribution in [2.75, 3.05) is 4.90 Å². The minimum Gasteiger partial charge on any atom is -0.362 e. The zero-order chi connectivity index (χ0) is 20.1. The van der Waals surface area contributed by atoms with Gasteiger partial charge in [-0.05, 0) is 45.2 Å². The molecule has 0 saturated heterocycles. The average Bonchev–Trinajstić information content (AvgIpc) is 3.07. The van der Waals surface area contributed by atoms with Crippen LogP contribution in [-0.2, 0) is 6.54 Å². The van der Waals surface area contributed by atoms with Crippen LogP contribution in [-0.4, -0.2) is 20.5 Å². The number of para-hydroxylation sites is 1. The lowest BCUT2D eigenvalue weighted by Gasteiger charge is -2.40. The molecule has 1 aliphatic heterocycles.